The van der Waals surface area contributed by atoms with Gasteiger partial charge < -0.3 is 4.84 Å². The molecule has 2 amide bonds. The second-order valence-electron chi connectivity index (χ2n) is 4.24. The van der Waals surface area contributed by atoms with E-state index in [4.69, 9.17) is 4.84 Å². The second kappa shape index (κ2) is 6.37. The summed E-state index contributed by atoms with van der Waals surface area (Å²) in [4.78, 5) is 39.2. The Morgan fingerprint density at radius 2 is 1.88 bits per heavy atom. The minimum absolute atomic E-state index is 0.137. The SMILES string of the molecule is CCCCC(CC)C(=O)ON1C(=O)CCC1=O. The van der Waals surface area contributed by atoms with Gasteiger partial charge in [-0.05, 0) is 12.8 Å². The van der Waals surface area contributed by atoms with Gasteiger partial charge in [0, 0.05) is 12.8 Å². The average molecular weight is 241 g/mol. The number of unbranched alkanes of at least 4 members (excludes halogenated alkanes) is 1. The molecule has 0 spiro atoms. The van der Waals surface area contributed by atoms with Gasteiger partial charge in [0.1, 0.15) is 0 Å². The highest BCUT2D eigenvalue weighted by Crippen LogP contribution is 2.18. The highest BCUT2D eigenvalue weighted by atomic mass is 16.7. The number of amides is 2. The Kier molecular flexibility index (Phi) is 5.12. The molecule has 17 heavy (non-hydrogen) atoms. The first-order chi connectivity index (χ1) is 8.10. The zero-order valence-electron chi connectivity index (χ0n) is 10.4. The third-order valence-corrected chi connectivity index (χ3v) is 2.92. The molecule has 96 valence electrons. The molecule has 5 heteroatoms. The topological polar surface area (TPSA) is 63.7 Å². The predicted molar refractivity (Wildman–Crippen MR) is 60.5 cm³/mol. The molecule has 1 saturated heterocycles. The molecule has 1 unspecified atom stereocenters. The van der Waals surface area contributed by atoms with Gasteiger partial charge in [-0.2, -0.15) is 0 Å². The van der Waals surface area contributed by atoms with Crippen LogP contribution in [0.2, 0.25) is 0 Å². The maximum absolute atomic E-state index is 11.8. The van der Waals surface area contributed by atoms with Crippen LogP contribution in [0, 0.1) is 5.92 Å². The molecule has 1 atom stereocenters. The van der Waals surface area contributed by atoms with Crippen molar-refractivity contribution in [3.8, 4) is 0 Å². The van der Waals surface area contributed by atoms with Crippen LogP contribution in [0.4, 0.5) is 0 Å². The van der Waals surface area contributed by atoms with Crippen LogP contribution in [-0.4, -0.2) is 22.8 Å². The third-order valence-electron chi connectivity index (χ3n) is 2.92. The first-order valence-corrected chi connectivity index (χ1v) is 6.17. The molecular weight excluding hydrogens is 222 g/mol. The van der Waals surface area contributed by atoms with Crippen LogP contribution in [0.25, 0.3) is 0 Å². The summed E-state index contributed by atoms with van der Waals surface area (Å²) in [6, 6.07) is 0. The molecule has 5 nitrogen and oxygen atoms in total. The van der Waals surface area contributed by atoms with Gasteiger partial charge in [0.15, 0.2) is 0 Å². The molecule has 0 saturated carbocycles. The molecule has 0 aromatic rings. The Labute approximate surface area is 101 Å². The van der Waals surface area contributed by atoms with Crippen LogP contribution in [0.15, 0.2) is 0 Å². The number of rotatable bonds is 6. The Bertz CT molecular complexity index is 298. The lowest BCUT2D eigenvalue weighted by Crippen LogP contribution is -2.34. The zero-order valence-corrected chi connectivity index (χ0v) is 10.4. The molecule has 0 aromatic carbocycles. The van der Waals surface area contributed by atoms with E-state index in [1.165, 1.54) is 0 Å². The van der Waals surface area contributed by atoms with Crippen molar-refractivity contribution in [1.29, 1.82) is 0 Å². The van der Waals surface area contributed by atoms with Crippen LogP contribution >= 0.6 is 0 Å². The summed E-state index contributed by atoms with van der Waals surface area (Å²) in [5, 5.41) is 0.622. The van der Waals surface area contributed by atoms with E-state index in [9.17, 15) is 14.4 Å². The standard InChI is InChI=1S/C12H19NO4/c1-3-5-6-9(4-2)12(16)17-13-10(14)7-8-11(13)15/h9H,3-8H2,1-2H3. The van der Waals surface area contributed by atoms with E-state index in [0.717, 1.165) is 19.3 Å². The van der Waals surface area contributed by atoms with E-state index < -0.39 is 17.8 Å². The monoisotopic (exact) mass is 241 g/mol. The quantitative estimate of drug-likeness (QED) is 0.665. The van der Waals surface area contributed by atoms with Crippen molar-refractivity contribution < 1.29 is 19.2 Å². The second-order valence-corrected chi connectivity index (χ2v) is 4.24. The Hall–Kier alpha value is -1.39. The van der Waals surface area contributed by atoms with Gasteiger partial charge in [-0.3, -0.25) is 9.59 Å². The highest BCUT2D eigenvalue weighted by Gasteiger charge is 2.34. The van der Waals surface area contributed by atoms with Gasteiger partial charge in [-0.1, -0.05) is 26.7 Å². The Balaban J connectivity index is 2.51. The van der Waals surface area contributed by atoms with Crippen molar-refractivity contribution in [2.75, 3.05) is 0 Å². The number of nitrogens with zero attached hydrogens (tertiary/aromatic N) is 1. The maximum Gasteiger partial charge on any atom is 0.336 e. The van der Waals surface area contributed by atoms with Crippen LogP contribution < -0.4 is 0 Å². The number of carbonyl (C=O) groups excluding carboxylic acids is 3. The van der Waals surface area contributed by atoms with Gasteiger partial charge in [0.2, 0.25) is 0 Å². The van der Waals surface area contributed by atoms with Gasteiger partial charge in [0.05, 0.1) is 5.92 Å². The molecule has 0 radical (unpaired) electrons. The van der Waals surface area contributed by atoms with E-state index >= 15 is 0 Å². The highest BCUT2D eigenvalue weighted by molar-refractivity contribution is 6.01. The fourth-order valence-electron chi connectivity index (χ4n) is 1.76. The summed E-state index contributed by atoms with van der Waals surface area (Å²) in [6.45, 7) is 3.95. The van der Waals surface area contributed by atoms with E-state index in [1.807, 2.05) is 13.8 Å². The molecule has 0 bridgehead atoms. The molecule has 1 aliphatic heterocycles. The lowest BCUT2D eigenvalue weighted by molar-refractivity contribution is -0.200. The summed E-state index contributed by atoms with van der Waals surface area (Å²) < 4.78 is 0. The Morgan fingerprint density at radius 3 is 2.35 bits per heavy atom. The normalized spacial score (nSPS) is 17.4. The van der Waals surface area contributed by atoms with E-state index in [2.05, 4.69) is 0 Å². The number of carbonyl (C=O) groups is 3. The van der Waals surface area contributed by atoms with E-state index in [0.29, 0.717) is 11.5 Å². The number of hydrogen-bond donors (Lipinski definition) is 0. The van der Waals surface area contributed by atoms with Gasteiger partial charge in [0.25, 0.3) is 11.8 Å². The minimum atomic E-state index is -0.468. The van der Waals surface area contributed by atoms with E-state index in [1.54, 1.807) is 0 Å². The minimum Gasteiger partial charge on any atom is -0.330 e. The van der Waals surface area contributed by atoms with Crippen molar-refractivity contribution in [3.63, 3.8) is 0 Å². The summed E-state index contributed by atoms with van der Waals surface area (Å²) in [7, 11) is 0. The summed E-state index contributed by atoms with van der Waals surface area (Å²) in [5.74, 6) is -1.54. The maximum atomic E-state index is 11.8. The fraction of sp³-hybridized carbons (Fsp3) is 0.750. The van der Waals surface area contributed by atoms with Gasteiger partial charge in [-0.15, -0.1) is 5.06 Å². The molecule has 1 fully saturated rings. The predicted octanol–water partition coefficient (Wildman–Crippen LogP) is 1.81. The molecule has 1 heterocycles. The smallest absolute Gasteiger partial charge is 0.330 e. The van der Waals surface area contributed by atoms with Crippen molar-refractivity contribution >= 4 is 17.8 Å². The molecular formula is C12H19NO4. The van der Waals surface area contributed by atoms with Crippen molar-refractivity contribution in [3.05, 3.63) is 0 Å². The molecule has 0 N–H and O–H groups in total. The first kappa shape index (κ1) is 13.7. The average Bonchev–Trinajstić information content (AvgIpc) is 2.62. The van der Waals surface area contributed by atoms with Gasteiger partial charge in [-0.25, -0.2) is 4.79 Å². The third kappa shape index (κ3) is 3.54. The fourth-order valence-corrected chi connectivity index (χ4v) is 1.76. The largest absolute Gasteiger partial charge is 0.336 e. The van der Waals surface area contributed by atoms with Crippen molar-refractivity contribution in [1.82, 2.24) is 5.06 Å². The van der Waals surface area contributed by atoms with Crippen LogP contribution in [0.1, 0.15) is 52.4 Å². The van der Waals surface area contributed by atoms with Crippen molar-refractivity contribution in [2.45, 2.75) is 52.4 Å². The lowest BCUT2D eigenvalue weighted by Gasteiger charge is -2.17. The summed E-state index contributed by atoms with van der Waals surface area (Å²) in [5.41, 5.74) is 0. The van der Waals surface area contributed by atoms with Gasteiger partial charge >= 0.3 is 5.97 Å². The van der Waals surface area contributed by atoms with E-state index in [-0.39, 0.29) is 18.8 Å². The van der Waals surface area contributed by atoms with Crippen LogP contribution in [-0.2, 0) is 19.2 Å². The summed E-state index contributed by atoms with van der Waals surface area (Å²) in [6.07, 6.45) is 3.62. The number of imide groups is 1. The lowest BCUT2D eigenvalue weighted by atomic mass is 10.00. The van der Waals surface area contributed by atoms with Crippen LogP contribution in [0.3, 0.4) is 0 Å². The van der Waals surface area contributed by atoms with Crippen molar-refractivity contribution in [2.24, 2.45) is 5.92 Å². The summed E-state index contributed by atoms with van der Waals surface area (Å²) >= 11 is 0. The first-order valence-electron chi connectivity index (χ1n) is 6.17. The molecule has 1 aliphatic rings. The molecule has 0 aromatic heterocycles. The molecule has 0 aliphatic carbocycles. The van der Waals surface area contributed by atoms with Crippen LogP contribution in [0.5, 0.6) is 0 Å². The number of hydroxylamine groups is 2. The Morgan fingerprint density at radius 1 is 1.29 bits per heavy atom. The molecule has 1 rings (SSSR count). The zero-order chi connectivity index (χ0) is 12.8. The number of hydrogen-bond acceptors (Lipinski definition) is 4.